The van der Waals surface area contributed by atoms with Crippen molar-refractivity contribution in [3.05, 3.63) is 28.8 Å². The molecule has 0 radical (unpaired) electrons. The highest BCUT2D eigenvalue weighted by Gasteiger charge is 2.39. The number of sulfone groups is 1. The van der Waals surface area contributed by atoms with Crippen molar-refractivity contribution in [1.29, 1.82) is 0 Å². The number of carboxylic acid groups (broad SMARTS) is 1. The van der Waals surface area contributed by atoms with Crippen molar-refractivity contribution in [3.8, 4) is 5.75 Å². The van der Waals surface area contributed by atoms with E-state index in [0.29, 0.717) is 0 Å². The minimum atomic E-state index is -3.38. The first-order valence-electron chi connectivity index (χ1n) is 5.37. The first-order valence-corrected chi connectivity index (χ1v) is 7.57. The molecule has 2 N–H and O–H groups in total. The molecule has 2 rings (SSSR count). The van der Waals surface area contributed by atoms with Crippen LogP contribution in [0.15, 0.2) is 18.2 Å². The van der Waals surface area contributed by atoms with E-state index in [1.165, 1.54) is 18.2 Å². The van der Waals surface area contributed by atoms with E-state index in [0.717, 1.165) is 0 Å². The van der Waals surface area contributed by atoms with Gasteiger partial charge in [0, 0.05) is 0 Å². The largest absolute Gasteiger partial charge is 0.484 e. The van der Waals surface area contributed by atoms with Gasteiger partial charge in [-0.15, -0.1) is 0 Å². The third-order valence-electron chi connectivity index (χ3n) is 2.74. The van der Waals surface area contributed by atoms with E-state index in [9.17, 15) is 18.3 Å². The maximum absolute atomic E-state index is 11.4. The molecule has 6 nitrogen and oxygen atoms in total. The fraction of sp³-hybridized carbons (Fsp3) is 0.364. The van der Waals surface area contributed by atoms with Crippen LogP contribution in [0.4, 0.5) is 0 Å². The second-order valence-corrected chi connectivity index (χ2v) is 6.78. The molecule has 1 aliphatic rings. The Morgan fingerprint density at radius 1 is 1.37 bits per heavy atom. The summed E-state index contributed by atoms with van der Waals surface area (Å²) < 4.78 is 28.0. The van der Waals surface area contributed by atoms with Gasteiger partial charge in [-0.1, -0.05) is 17.7 Å². The zero-order valence-corrected chi connectivity index (χ0v) is 11.2. The Morgan fingerprint density at radius 3 is 2.58 bits per heavy atom. The Kier molecular flexibility index (Phi) is 3.71. The smallest absolute Gasteiger partial charge is 0.339 e. The van der Waals surface area contributed by atoms with Crippen molar-refractivity contribution >= 4 is 27.4 Å². The highest BCUT2D eigenvalue weighted by molar-refractivity contribution is 7.91. The molecule has 2 unspecified atom stereocenters. The van der Waals surface area contributed by atoms with Gasteiger partial charge in [0.15, 0.2) is 15.6 Å². The molecule has 0 saturated carbocycles. The predicted molar refractivity (Wildman–Crippen MR) is 67.5 cm³/mol. The highest BCUT2D eigenvalue weighted by atomic mass is 35.5. The average molecular weight is 307 g/mol. The lowest BCUT2D eigenvalue weighted by molar-refractivity contribution is 0.0636. The van der Waals surface area contributed by atoms with Crippen LogP contribution in [0.25, 0.3) is 0 Å². The molecule has 104 valence electrons. The van der Waals surface area contributed by atoms with E-state index in [1.54, 1.807) is 0 Å². The summed E-state index contributed by atoms with van der Waals surface area (Å²) in [4.78, 5) is 11.0. The van der Waals surface area contributed by atoms with Crippen LogP contribution >= 0.6 is 11.6 Å². The number of aliphatic hydroxyl groups is 1. The lowest BCUT2D eigenvalue weighted by atomic mass is 10.2. The van der Waals surface area contributed by atoms with Crippen LogP contribution < -0.4 is 4.74 Å². The minimum Gasteiger partial charge on any atom is -0.484 e. The van der Waals surface area contributed by atoms with Gasteiger partial charge in [-0.05, 0) is 12.1 Å². The molecule has 2 atom stereocenters. The van der Waals surface area contributed by atoms with Crippen molar-refractivity contribution in [3.63, 3.8) is 0 Å². The normalized spacial score (nSPS) is 25.2. The molecule has 1 aromatic carbocycles. The molecule has 1 fully saturated rings. The van der Waals surface area contributed by atoms with Gasteiger partial charge in [0.25, 0.3) is 0 Å². The molecule has 19 heavy (non-hydrogen) atoms. The Hall–Kier alpha value is -1.31. The lowest BCUT2D eigenvalue weighted by Gasteiger charge is -2.18. The first-order chi connectivity index (χ1) is 8.80. The van der Waals surface area contributed by atoms with Crippen LogP contribution in [0.5, 0.6) is 5.75 Å². The van der Waals surface area contributed by atoms with Crippen molar-refractivity contribution in [1.82, 2.24) is 0 Å². The molecule has 0 bridgehead atoms. The molecular formula is C11H11ClO6S. The summed E-state index contributed by atoms with van der Waals surface area (Å²) in [6.45, 7) is 0. The monoisotopic (exact) mass is 306 g/mol. The standard InChI is InChI=1S/C11H11ClO6S/c12-7-3-1-2-6(11(14)15)10(7)18-9-5-19(16,17)4-8(9)13/h1-3,8-9,13H,4-5H2,(H,14,15). The van der Waals surface area contributed by atoms with E-state index in [2.05, 4.69) is 0 Å². The van der Waals surface area contributed by atoms with Crippen LogP contribution in [-0.4, -0.2) is 48.3 Å². The molecule has 0 spiro atoms. The summed E-state index contributed by atoms with van der Waals surface area (Å²) >= 11 is 5.85. The molecule has 8 heteroatoms. The molecule has 1 heterocycles. The fourth-order valence-corrected chi connectivity index (χ4v) is 3.74. The number of hydrogen-bond acceptors (Lipinski definition) is 5. The van der Waals surface area contributed by atoms with Gasteiger partial charge in [0.1, 0.15) is 17.8 Å². The van der Waals surface area contributed by atoms with Crippen molar-refractivity contribution in [2.24, 2.45) is 0 Å². The third kappa shape index (κ3) is 2.99. The van der Waals surface area contributed by atoms with E-state index in [1.807, 2.05) is 0 Å². The molecule has 1 saturated heterocycles. The summed E-state index contributed by atoms with van der Waals surface area (Å²) in [7, 11) is -3.38. The highest BCUT2D eigenvalue weighted by Crippen LogP contribution is 2.31. The SMILES string of the molecule is O=C(O)c1cccc(Cl)c1OC1CS(=O)(=O)CC1O. The van der Waals surface area contributed by atoms with Gasteiger partial charge >= 0.3 is 5.97 Å². The van der Waals surface area contributed by atoms with Crippen molar-refractivity contribution in [2.75, 3.05) is 11.5 Å². The summed E-state index contributed by atoms with van der Waals surface area (Å²) in [5, 5.41) is 18.7. The zero-order valence-electron chi connectivity index (χ0n) is 9.61. The second kappa shape index (κ2) is 4.99. The quantitative estimate of drug-likeness (QED) is 0.847. The van der Waals surface area contributed by atoms with Crippen LogP contribution in [0.3, 0.4) is 0 Å². The van der Waals surface area contributed by atoms with Crippen molar-refractivity contribution in [2.45, 2.75) is 12.2 Å². The number of halogens is 1. The number of para-hydroxylation sites is 1. The Bertz CT molecular complexity index is 612. The average Bonchev–Trinajstić information content (AvgIpc) is 2.54. The lowest BCUT2D eigenvalue weighted by Crippen LogP contribution is -2.30. The van der Waals surface area contributed by atoms with Gasteiger partial charge in [0.2, 0.25) is 0 Å². The summed E-state index contributed by atoms with van der Waals surface area (Å²) in [6, 6.07) is 4.17. The van der Waals surface area contributed by atoms with Crippen LogP contribution in [0.1, 0.15) is 10.4 Å². The second-order valence-electron chi connectivity index (χ2n) is 4.22. The molecule has 0 aromatic heterocycles. The Labute approximate surface area is 114 Å². The van der Waals surface area contributed by atoms with Gasteiger partial charge in [-0.2, -0.15) is 0 Å². The maximum atomic E-state index is 11.4. The first kappa shape index (κ1) is 14.1. The molecular weight excluding hydrogens is 296 g/mol. The van der Waals surface area contributed by atoms with Gasteiger partial charge in [-0.25, -0.2) is 13.2 Å². The van der Waals surface area contributed by atoms with E-state index < -0.39 is 33.8 Å². The van der Waals surface area contributed by atoms with Crippen LogP contribution in [-0.2, 0) is 9.84 Å². The number of ether oxygens (including phenoxy) is 1. The van der Waals surface area contributed by atoms with E-state index >= 15 is 0 Å². The molecule has 0 aliphatic carbocycles. The number of benzene rings is 1. The number of rotatable bonds is 3. The van der Waals surface area contributed by atoms with Crippen molar-refractivity contribution < 1.29 is 28.2 Å². The van der Waals surface area contributed by atoms with Gasteiger partial charge in [0.05, 0.1) is 16.5 Å². The topological polar surface area (TPSA) is 101 Å². The van der Waals surface area contributed by atoms with Crippen LogP contribution in [0.2, 0.25) is 5.02 Å². The molecule has 1 aliphatic heterocycles. The summed E-state index contributed by atoms with van der Waals surface area (Å²) in [6.07, 6.45) is -2.20. The fourth-order valence-electron chi connectivity index (χ4n) is 1.86. The van der Waals surface area contributed by atoms with E-state index in [-0.39, 0.29) is 22.1 Å². The van der Waals surface area contributed by atoms with Gasteiger partial charge in [-0.3, -0.25) is 0 Å². The molecule has 0 amide bonds. The zero-order chi connectivity index (χ0) is 14.2. The number of carbonyl (C=O) groups is 1. The van der Waals surface area contributed by atoms with E-state index in [4.69, 9.17) is 21.4 Å². The summed E-state index contributed by atoms with van der Waals surface area (Å²) in [5.74, 6) is -2.13. The van der Waals surface area contributed by atoms with Gasteiger partial charge < -0.3 is 14.9 Å². The molecule has 1 aromatic rings. The number of carboxylic acids is 1. The predicted octanol–water partition coefficient (Wildman–Crippen LogP) is 0.575. The number of hydrogen-bond donors (Lipinski definition) is 2. The maximum Gasteiger partial charge on any atom is 0.339 e. The minimum absolute atomic E-state index is 0.0522. The Balaban J connectivity index is 2.32. The third-order valence-corrected chi connectivity index (χ3v) is 4.72. The summed E-state index contributed by atoms with van der Waals surface area (Å²) in [5.41, 5.74) is -0.177. The number of aromatic carboxylic acids is 1. The number of aliphatic hydroxyl groups excluding tert-OH is 1. The van der Waals surface area contributed by atoms with Crippen LogP contribution in [0, 0.1) is 0 Å². The Morgan fingerprint density at radius 2 is 2.05 bits per heavy atom.